The van der Waals surface area contributed by atoms with Crippen molar-refractivity contribution >= 4 is 75.7 Å². The molecule has 11 atom stereocenters. The molecule has 88 heavy (non-hydrogen) atoms. The molecule has 1 aromatic heterocycles. The number of fused-ring (bicyclic) bond motifs is 1. The summed E-state index contributed by atoms with van der Waals surface area (Å²) < 4.78 is 0. The van der Waals surface area contributed by atoms with Crippen molar-refractivity contribution in [1.29, 1.82) is 0 Å². The van der Waals surface area contributed by atoms with Gasteiger partial charge in [0.15, 0.2) is 17.5 Å². The molecule has 26 heteroatoms. The van der Waals surface area contributed by atoms with E-state index in [0.717, 1.165) is 21.4 Å². The molecule has 478 valence electrons. The summed E-state index contributed by atoms with van der Waals surface area (Å²) in [6, 6.07) is 14.3. The van der Waals surface area contributed by atoms with E-state index in [0.29, 0.717) is 24.1 Å². The number of nitrogens with zero attached hydrogens (tertiary/aromatic N) is 2. The van der Waals surface area contributed by atoms with E-state index in [2.05, 4.69) is 41.9 Å². The number of ketones is 2. The molecule has 1 fully saturated rings. The van der Waals surface area contributed by atoms with Crippen LogP contribution in [0.25, 0.3) is 10.9 Å². The topological polar surface area (TPSA) is 433 Å². The van der Waals surface area contributed by atoms with Crippen molar-refractivity contribution in [1.82, 2.24) is 41.8 Å². The van der Waals surface area contributed by atoms with Gasteiger partial charge in [-0.05, 0) is 79.8 Å². The lowest BCUT2D eigenvalue weighted by Gasteiger charge is -2.30. The highest BCUT2D eigenvalue weighted by Gasteiger charge is 2.43. The van der Waals surface area contributed by atoms with Gasteiger partial charge in [-0.3, -0.25) is 52.9 Å². The van der Waals surface area contributed by atoms with Crippen molar-refractivity contribution in [3.63, 3.8) is 0 Å². The van der Waals surface area contributed by atoms with Crippen molar-refractivity contribution in [2.45, 2.75) is 159 Å². The highest BCUT2D eigenvalue weighted by atomic mass is 16.3. The van der Waals surface area contributed by atoms with Crippen molar-refractivity contribution in [2.24, 2.45) is 39.9 Å². The molecule has 17 N–H and O–H groups in total. The number of carbonyl (C=O) groups excluding carboxylic acids is 10. The maximum Gasteiger partial charge on any atom is 0.246 e. The van der Waals surface area contributed by atoms with Gasteiger partial charge in [-0.15, -0.1) is 0 Å². The number of Topliss-reactive ketones (excluding diaryl/α,β-unsaturated/α-hetero) is 2. The Morgan fingerprint density at radius 2 is 1.38 bits per heavy atom. The Morgan fingerprint density at radius 3 is 2.01 bits per heavy atom. The predicted octanol–water partition coefficient (Wildman–Crippen LogP) is -0.299. The number of aliphatic hydroxyl groups excluding tert-OH is 3. The number of para-hydroxylation sites is 1. The number of β-amino-alcohol motifs (C(OH)–C–C–N with tert-alkyl or cyclic N) is 1. The van der Waals surface area contributed by atoms with E-state index in [1.165, 1.54) is 45.2 Å². The van der Waals surface area contributed by atoms with Gasteiger partial charge in [0.25, 0.3) is 0 Å². The maximum atomic E-state index is 14.3. The monoisotopic (exact) mass is 1220 g/mol. The molecule has 1 aliphatic rings. The van der Waals surface area contributed by atoms with E-state index in [1.807, 2.05) is 38.1 Å². The number of phenols is 1. The largest absolute Gasteiger partial charge is 0.508 e. The lowest BCUT2D eigenvalue weighted by Crippen LogP contribution is -2.56. The number of benzene rings is 3. The first-order valence-corrected chi connectivity index (χ1v) is 29.5. The summed E-state index contributed by atoms with van der Waals surface area (Å²) in [7, 11) is 1.50. The van der Waals surface area contributed by atoms with Crippen LogP contribution in [0.4, 0.5) is 0 Å². The van der Waals surface area contributed by atoms with Crippen molar-refractivity contribution < 1.29 is 68.4 Å². The third kappa shape index (κ3) is 21.9. The highest BCUT2D eigenvalue weighted by molar-refractivity contribution is 5.98. The van der Waals surface area contributed by atoms with E-state index < -0.39 is 138 Å². The van der Waals surface area contributed by atoms with Gasteiger partial charge >= 0.3 is 0 Å². The zero-order valence-corrected chi connectivity index (χ0v) is 50.4. The minimum atomic E-state index is -1.69. The number of aromatic nitrogens is 1. The van der Waals surface area contributed by atoms with Gasteiger partial charge in [-0.25, -0.2) is 0 Å². The van der Waals surface area contributed by atoms with Gasteiger partial charge in [-0.2, -0.15) is 0 Å². The SMILES string of the molecule is CN=C(N)NCCC[C@H](CC(=O)[C@H](CC(C)C)NC(=O)CC[C@H](O)[C@H](Cc1ccccc1)NC(=O)[C@@H](CC(=O)[C@H](CC(N)=O)NC(=O)[C@@H]1C[C@@H](O)CN1C(=O)[C@@H](Cc1ccc(O)cc1)NC(C)=O)[C@@H](C)O)C(=O)N[C@@H](Cc1c[nH]c2ccccc12)C(N)=O. The molecule has 26 nitrogen and oxygen atoms in total. The number of hydrogen-bond donors (Lipinski definition) is 14. The van der Waals surface area contributed by atoms with E-state index in [4.69, 9.17) is 17.2 Å². The second-order valence-corrected chi connectivity index (χ2v) is 23.0. The zero-order valence-electron chi connectivity index (χ0n) is 50.4. The van der Waals surface area contributed by atoms with Gasteiger partial charge < -0.3 is 79.4 Å². The average molecular weight is 1220 g/mol. The number of hydrogen-bond acceptors (Lipinski definition) is 15. The van der Waals surface area contributed by atoms with Crippen LogP contribution in [0.2, 0.25) is 0 Å². The van der Waals surface area contributed by atoms with Crippen LogP contribution in [0, 0.1) is 17.8 Å². The Morgan fingerprint density at radius 1 is 0.716 bits per heavy atom. The first-order chi connectivity index (χ1) is 41.7. The summed E-state index contributed by atoms with van der Waals surface area (Å²) in [6.07, 6.45) is -4.49. The van der Waals surface area contributed by atoms with Gasteiger partial charge in [-0.1, -0.05) is 74.5 Å². The first kappa shape index (κ1) is 70.0. The second kappa shape index (κ2) is 34.0. The normalized spacial score (nSPS) is 17.2. The Kier molecular flexibility index (Phi) is 27.0. The number of primary amides is 2. The number of nitrogens with one attached hydrogen (secondary N) is 7. The van der Waals surface area contributed by atoms with Gasteiger partial charge in [0.05, 0.1) is 48.8 Å². The number of aromatic amines is 1. The molecule has 0 radical (unpaired) electrons. The summed E-state index contributed by atoms with van der Waals surface area (Å²) in [5.74, 6) is -10.1. The van der Waals surface area contributed by atoms with Crippen LogP contribution < -0.4 is 49.1 Å². The number of H-pyrrole nitrogens is 1. The van der Waals surface area contributed by atoms with Crippen LogP contribution in [0.1, 0.15) is 102 Å². The van der Waals surface area contributed by atoms with Crippen LogP contribution in [0.15, 0.2) is 90.1 Å². The molecular weight excluding hydrogens is 1140 g/mol. The number of carbonyl (C=O) groups is 10. The van der Waals surface area contributed by atoms with Gasteiger partial charge in [0, 0.05) is 88.6 Å². The highest BCUT2D eigenvalue weighted by Crippen LogP contribution is 2.25. The van der Waals surface area contributed by atoms with Crippen LogP contribution in [-0.4, -0.2) is 170 Å². The number of nitrogens with two attached hydrogens (primary N) is 3. The summed E-state index contributed by atoms with van der Waals surface area (Å²) in [5.41, 5.74) is 19.9. The molecular formula is C62H86N12O14. The molecule has 0 unspecified atom stereocenters. The van der Waals surface area contributed by atoms with Crippen LogP contribution in [0.3, 0.4) is 0 Å². The molecule has 8 amide bonds. The number of aromatic hydroxyl groups is 1. The second-order valence-electron chi connectivity index (χ2n) is 23.0. The van der Waals surface area contributed by atoms with Crippen LogP contribution >= 0.6 is 0 Å². The number of amides is 8. The summed E-state index contributed by atoms with van der Waals surface area (Å²) >= 11 is 0. The van der Waals surface area contributed by atoms with E-state index in [9.17, 15) is 68.4 Å². The molecule has 2 heterocycles. The maximum absolute atomic E-state index is 14.3. The lowest BCUT2D eigenvalue weighted by molar-refractivity contribution is -0.142. The minimum absolute atomic E-state index is 0.0000528. The molecule has 5 rings (SSSR count). The summed E-state index contributed by atoms with van der Waals surface area (Å²) in [5, 5.41) is 60.3. The Labute approximate surface area is 511 Å². The quantitative estimate of drug-likeness (QED) is 0.0160. The van der Waals surface area contributed by atoms with E-state index >= 15 is 0 Å². The third-order valence-electron chi connectivity index (χ3n) is 15.4. The van der Waals surface area contributed by atoms with Gasteiger partial charge in [0.2, 0.25) is 47.3 Å². The smallest absolute Gasteiger partial charge is 0.246 e. The Hall–Kier alpha value is -8.75. The summed E-state index contributed by atoms with van der Waals surface area (Å²) in [4.78, 5) is 144. The first-order valence-electron chi connectivity index (χ1n) is 29.5. The fourth-order valence-electron chi connectivity index (χ4n) is 10.7. The number of likely N-dealkylation sites (tertiary alicyclic amines) is 1. The lowest BCUT2D eigenvalue weighted by atomic mass is 9.89. The molecule has 1 aliphatic heterocycles. The minimum Gasteiger partial charge on any atom is -0.508 e. The molecule has 3 aromatic carbocycles. The summed E-state index contributed by atoms with van der Waals surface area (Å²) in [6.45, 7) is 6.11. The van der Waals surface area contributed by atoms with Crippen molar-refractivity contribution in [2.75, 3.05) is 20.1 Å². The molecule has 0 aliphatic carbocycles. The Balaban J connectivity index is 1.27. The number of phenolic OH excluding ortho intramolecular Hbond substituents is 1. The standard InChI is InChI=1S/C62H86N12O14/c1-34(2)24-46(53(80)28-39(14-11-23-67-62(65)66-5)58(85)73-49(57(64)84)27-40-32-68-45-16-10-9-15-43(40)45)70-56(83)22-21-52(79)47(25-37-12-7-6-8-13-37)71-59(86)44(35(3)75)30-54(81)48(31-55(63)82)72-60(87)51-29-42(78)33-74(51)61(88)50(69-36(4)76)26-38-17-19-41(77)20-18-38/h6-10,12-13,15-20,32,34-35,39,42,44,46-52,68,75,77-79H,11,14,21-31,33H2,1-5H3,(H2,63,82)(H2,64,84)(H,69,76)(H,70,83)(H,71,86)(H,72,87)(H,73,85)(H3,65,66,67)/t35-,39-,42-,44+,46+,47+,48+,49+,50-,51+,52+/m1/s1. The molecule has 0 bridgehead atoms. The predicted molar refractivity (Wildman–Crippen MR) is 326 cm³/mol. The fraction of sp³-hybridized carbons (Fsp3) is 0.500. The van der Waals surface area contributed by atoms with Crippen molar-refractivity contribution in [3.8, 4) is 5.75 Å². The van der Waals surface area contributed by atoms with Gasteiger partial charge in [0.1, 0.15) is 23.9 Å². The number of aliphatic imine (C=N–C) groups is 1. The van der Waals surface area contributed by atoms with Crippen molar-refractivity contribution in [3.05, 3.63) is 102 Å². The van der Waals surface area contributed by atoms with E-state index in [1.54, 1.807) is 36.5 Å². The third-order valence-corrected chi connectivity index (χ3v) is 15.4. The zero-order chi connectivity index (χ0) is 64.8. The fourth-order valence-corrected chi connectivity index (χ4v) is 10.7. The van der Waals surface area contributed by atoms with E-state index in [-0.39, 0.29) is 82.0 Å². The van der Waals surface area contributed by atoms with Crippen LogP contribution in [-0.2, 0) is 67.2 Å². The average Bonchev–Trinajstić information content (AvgIpc) is 2.76. The molecule has 1 saturated heterocycles. The molecule has 0 saturated carbocycles. The molecule has 0 spiro atoms. The number of aliphatic hydroxyl groups is 3. The number of guanidine groups is 1. The number of rotatable bonds is 35. The Bertz CT molecular complexity index is 3080. The molecule has 4 aromatic rings. The van der Waals surface area contributed by atoms with Crippen LogP contribution in [0.5, 0.6) is 5.75 Å².